The van der Waals surface area contributed by atoms with Crippen LogP contribution in [0.15, 0.2) is 48.5 Å². The van der Waals surface area contributed by atoms with E-state index in [-0.39, 0.29) is 11.7 Å². The Morgan fingerprint density at radius 2 is 1.67 bits per heavy atom. The van der Waals surface area contributed by atoms with Crippen molar-refractivity contribution in [3.63, 3.8) is 0 Å². The van der Waals surface area contributed by atoms with Crippen molar-refractivity contribution >= 4 is 17.5 Å². The SMILES string of the molecule is O=C(CCc1ccccc1Cl)NCCc1ccccc1F. The minimum atomic E-state index is -0.234. The van der Waals surface area contributed by atoms with Crippen LogP contribution in [-0.4, -0.2) is 12.5 Å². The van der Waals surface area contributed by atoms with Gasteiger partial charge in [0.15, 0.2) is 0 Å². The number of halogens is 2. The molecule has 0 heterocycles. The first kappa shape index (κ1) is 15.5. The van der Waals surface area contributed by atoms with E-state index in [9.17, 15) is 9.18 Å². The fourth-order valence-electron chi connectivity index (χ4n) is 2.08. The molecule has 0 unspecified atom stereocenters. The lowest BCUT2D eigenvalue weighted by molar-refractivity contribution is -0.121. The van der Waals surface area contributed by atoms with Gasteiger partial charge in [0.05, 0.1) is 0 Å². The third-order valence-corrected chi connectivity index (χ3v) is 3.62. The van der Waals surface area contributed by atoms with Crippen molar-refractivity contribution in [3.05, 3.63) is 70.5 Å². The molecule has 1 amide bonds. The molecule has 110 valence electrons. The highest BCUT2D eigenvalue weighted by molar-refractivity contribution is 6.31. The van der Waals surface area contributed by atoms with Crippen LogP contribution in [-0.2, 0) is 17.6 Å². The Bertz CT molecular complexity index is 615. The topological polar surface area (TPSA) is 29.1 Å². The number of nitrogens with one attached hydrogen (secondary N) is 1. The standard InChI is InChI=1S/C17H17ClFNO/c18-15-7-3-1-5-13(15)9-10-17(21)20-12-11-14-6-2-4-8-16(14)19/h1-8H,9-12H2,(H,20,21). The molecule has 0 saturated heterocycles. The molecule has 0 aromatic heterocycles. The van der Waals surface area contributed by atoms with Gasteiger partial charge in [-0.2, -0.15) is 0 Å². The Morgan fingerprint density at radius 1 is 1.00 bits per heavy atom. The molecule has 0 aliphatic heterocycles. The highest BCUT2D eigenvalue weighted by Crippen LogP contribution is 2.16. The van der Waals surface area contributed by atoms with E-state index in [0.29, 0.717) is 36.4 Å². The summed E-state index contributed by atoms with van der Waals surface area (Å²) in [6, 6.07) is 14.1. The number of hydrogen-bond donors (Lipinski definition) is 1. The van der Waals surface area contributed by atoms with Crippen LogP contribution in [0.2, 0.25) is 5.02 Å². The van der Waals surface area contributed by atoms with Crippen molar-refractivity contribution in [1.82, 2.24) is 5.32 Å². The first-order valence-corrected chi connectivity index (χ1v) is 7.28. The first-order valence-electron chi connectivity index (χ1n) is 6.90. The summed E-state index contributed by atoms with van der Waals surface area (Å²) in [6.45, 7) is 0.433. The maximum atomic E-state index is 13.4. The molecule has 0 aliphatic rings. The zero-order chi connectivity index (χ0) is 15.1. The van der Waals surface area contributed by atoms with E-state index >= 15 is 0 Å². The summed E-state index contributed by atoms with van der Waals surface area (Å²) in [7, 11) is 0. The number of hydrogen-bond acceptors (Lipinski definition) is 1. The molecular formula is C17H17ClFNO. The molecule has 2 nitrogen and oxygen atoms in total. The van der Waals surface area contributed by atoms with Crippen molar-refractivity contribution in [2.45, 2.75) is 19.3 Å². The summed E-state index contributed by atoms with van der Waals surface area (Å²) in [6.07, 6.45) is 1.47. The van der Waals surface area contributed by atoms with E-state index in [1.54, 1.807) is 18.2 Å². The van der Waals surface area contributed by atoms with E-state index in [2.05, 4.69) is 5.32 Å². The molecule has 0 saturated carbocycles. The summed E-state index contributed by atoms with van der Waals surface area (Å²) in [5.74, 6) is -0.283. The van der Waals surface area contributed by atoms with E-state index in [1.165, 1.54) is 6.07 Å². The fraction of sp³-hybridized carbons (Fsp3) is 0.235. The van der Waals surface area contributed by atoms with E-state index in [0.717, 1.165) is 5.56 Å². The van der Waals surface area contributed by atoms with E-state index in [1.807, 2.05) is 24.3 Å². The second-order valence-electron chi connectivity index (χ2n) is 4.78. The molecule has 0 aliphatic carbocycles. The highest BCUT2D eigenvalue weighted by Gasteiger charge is 2.05. The molecule has 0 atom stereocenters. The van der Waals surface area contributed by atoms with Gasteiger partial charge < -0.3 is 5.32 Å². The van der Waals surface area contributed by atoms with Crippen molar-refractivity contribution < 1.29 is 9.18 Å². The quantitative estimate of drug-likeness (QED) is 0.865. The lowest BCUT2D eigenvalue weighted by atomic mass is 10.1. The summed E-state index contributed by atoms with van der Waals surface area (Å²) >= 11 is 6.04. The van der Waals surface area contributed by atoms with Crippen LogP contribution >= 0.6 is 11.6 Å². The molecule has 4 heteroatoms. The van der Waals surface area contributed by atoms with Gasteiger partial charge in [0, 0.05) is 18.0 Å². The zero-order valence-corrected chi connectivity index (χ0v) is 12.4. The molecule has 0 bridgehead atoms. The maximum Gasteiger partial charge on any atom is 0.220 e. The van der Waals surface area contributed by atoms with Crippen LogP contribution in [0.4, 0.5) is 4.39 Å². The maximum absolute atomic E-state index is 13.4. The van der Waals surface area contributed by atoms with Crippen molar-refractivity contribution in [2.75, 3.05) is 6.54 Å². The second-order valence-corrected chi connectivity index (χ2v) is 5.19. The molecule has 0 radical (unpaired) electrons. The predicted octanol–water partition coefficient (Wildman–Crippen LogP) is 3.77. The smallest absolute Gasteiger partial charge is 0.220 e. The van der Waals surface area contributed by atoms with Crippen molar-refractivity contribution in [3.8, 4) is 0 Å². The summed E-state index contributed by atoms with van der Waals surface area (Å²) in [4.78, 5) is 11.8. The zero-order valence-electron chi connectivity index (χ0n) is 11.6. The molecule has 1 N–H and O–H groups in total. The molecule has 2 aromatic carbocycles. The molecule has 0 fully saturated rings. The van der Waals surface area contributed by atoms with Crippen LogP contribution < -0.4 is 5.32 Å². The minimum absolute atomic E-state index is 0.0498. The van der Waals surface area contributed by atoms with E-state index < -0.39 is 0 Å². The Labute approximate surface area is 128 Å². The van der Waals surface area contributed by atoms with Gasteiger partial charge in [-0.3, -0.25) is 4.79 Å². The summed E-state index contributed by atoms with van der Waals surface area (Å²) in [5, 5.41) is 3.48. The van der Waals surface area contributed by atoms with Crippen LogP contribution in [0.3, 0.4) is 0 Å². The van der Waals surface area contributed by atoms with E-state index in [4.69, 9.17) is 11.6 Å². The van der Waals surface area contributed by atoms with Gasteiger partial charge in [-0.05, 0) is 36.1 Å². The average Bonchev–Trinajstić information content (AvgIpc) is 2.48. The number of rotatable bonds is 6. The van der Waals surface area contributed by atoms with Crippen LogP contribution in [0, 0.1) is 5.82 Å². The lowest BCUT2D eigenvalue weighted by Crippen LogP contribution is -2.26. The number of carbonyl (C=O) groups excluding carboxylic acids is 1. The number of carbonyl (C=O) groups is 1. The predicted molar refractivity (Wildman–Crippen MR) is 82.9 cm³/mol. The van der Waals surface area contributed by atoms with Gasteiger partial charge in [-0.25, -0.2) is 4.39 Å². The third kappa shape index (κ3) is 4.87. The van der Waals surface area contributed by atoms with Gasteiger partial charge >= 0.3 is 0 Å². The molecule has 21 heavy (non-hydrogen) atoms. The largest absolute Gasteiger partial charge is 0.356 e. The Hall–Kier alpha value is -1.87. The average molecular weight is 306 g/mol. The summed E-state index contributed by atoms with van der Waals surface area (Å²) < 4.78 is 13.4. The van der Waals surface area contributed by atoms with Crippen molar-refractivity contribution in [1.29, 1.82) is 0 Å². The first-order chi connectivity index (χ1) is 10.2. The third-order valence-electron chi connectivity index (χ3n) is 3.25. The number of benzene rings is 2. The normalized spacial score (nSPS) is 10.4. The molecule has 2 rings (SSSR count). The van der Waals surface area contributed by atoms with Crippen LogP contribution in [0.1, 0.15) is 17.5 Å². The lowest BCUT2D eigenvalue weighted by Gasteiger charge is -2.07. The Morgan fingerprint density at radius 3 is 2.38 bits per heavy atom. The Kier molecular flexibility index (Phi) is 5.76. The van der Waals surface area contributed by atoms with Crippen LogP contribution in [0.5, 0.6) is 0 Å². The molecule has 2 aromatic rings. The van der Waals surface area contributed by atoms with Gasteiger partial charge in [0.25, 0.3) is 0 Å². The Balaban J connectivity index is 1.73. The van der Waals surface area contributed by atoms with Gasteiger partial charge in [-0.1, -0.05) is 48.0 Å². The fourth-order valence-corrected chi connectivity index (χ4v) is 2.31. The van der Waals surface area contributed by atoms with Crippen LogP contribution in [0.25, 0.3) is 0 Å². The van der Waals surface area contributed by atoms with Gasteiger partial charge in [0.1, 0.15) is 5.82 Å². The minimum Gasteiger partial charge on any atom is -0.356 e. The van der Waals surface area contributed by atoms with Gasteiger partial charge in [0.2, 0.25) is 5.91 Å². The number of amides is 1. The monoisotopic (exact) mass is 305 g/mol. The highest BCUT2D eigenvalue weighted by atomic mass is 35.5. The molecule has 0 spiro atoms. The second kappa shape index (κ2) is 7.79. The van der Waals surface area contributed by atoms with Crippen molar-refractivity contribution in [2.24, 2.45) is 0 Å². The molecular weight excluding hydrogens is 289 g/mol. The van der Waals surface area contributed by atoms with Gasteiger partial charge in [-0.15, -0.1) is 0 Å². The summed E-state index contributed by atoms with van der Waals surface area (Å²) in [5.41, 5.74) is 1.58. The number of aryl methyl sites for hydroxylation is 1.